The molecule has 0 radical (unpaired) electrons. The van der Waals surface area contributed by atoms with Gasteiger partial charge in [0.25, 0.3) is 5.91 Å². The zero-order valence-electron chi connectivity index (χ0n) is 16.4. The van der Waals surface area contributed by atoms with Crippen LogP contribution < -0.4 is 14.2 Å². The zero-order chi connectivity index (χ0) is 21.1. The highest BCUT2D eigenvalue weighted by Crippen LogP contribution is 2.32. The normalized spacial score (nSPS) is 16.0. The van der Waals surface area contributed by atoms with Crippen LogP contribution in [0.4, 0.5) is 0 Å². The summed E-state index contributed by atoms with van der Waals surface area (Å²) in [5.41, 5.74) is 1.13. The van der Waals surface area contributed by atoms with Crippen LogP contribution in [-0.4, -0.2) is 58.6 Å². The number of morpholine rings is 1. The lowest BCUT2D eigenvalue weighted by atomic mass is 10.2. The number of sulfonamides is 1. The Morgan fingerprint density at radius 3 is 2.63 bits per heavy atom. The maximum Gasteiger partial charge on any atom is 0.255 e. The quantitative estimate of drug-likeness (QED) is 0.674. The van der Waals surface area contributed by atoms with Crippen molar-refractivity contribution in [2.45, 2.75) is 16.3 Å². The highest BCUT2D eigenvalue weighted by atomic mass is 32.2. The van der Waals surface area contributed by atoms with Crippen molar-refractivity contribution in [1.29, 1.82) is 0 Å². The second kappa shape index (κ2) is 8.84. The van der Waals surface area contributed by atoms with E-state index in [2.05, 4.69) is 4.72 Å². The van der Waals surface area contributed by atoms with E-state index in [1.165, 1.54) is 23.9 Å². The predicted octanol–water partition coefficient (Wildman–Crippen LogP) is 2.09. The molecule has 1 fully saturated rings. The van der Waals surface area contributed by atoms with Crippen molar-refractivity contribution in [1.82, 2.24) is 9.62 Å². The van der Waals surface area contributed by atoms with Gasteiger partial charge >= 0.3 is 0 Å². The summed E-state index contributed by atoms with van der Waals surface area (Å²) in [7, 11) is -3.81. The van der Waals surface area contributed by atoms with Crippen molar-refractivity contribution in [3.8, 4) is 11.5 Å². The molecular weight excluding hydrogens is 428 g/mol. The van der Waals surface area contributed by atoms with Crippen molar-refractivity contribution < 1.29 is 27.4 Å². The van der Waals surface area contributed by atoms with Gasteiger partial charge in [-0.3, -0.25) is 4.79 Å². The molecule has 0 atom stereocenters. The van der Waals surface area contributed by atoms with Gasteiger partial charge in [0, 0.05) is 24.5 Å². The monoisotopic (exact) mass is 450 g/mol. The molecule has 0 aromatic heterocycles. The fourth-order valence-corrected chi connectivity index (χ4v) is 4.88. The van der Waals surface area contributed by atoms with Gasteiger partial charge in [0.1, 0.15) is 0 Å². The Bertz CT molecular complexity index is 1050. The van der Waals surface area contributed by atoms with Gasteiger partial charge in [-0.15, -0.1) is 11.8 Å². The fraction of sp³-hybridized carbons (Fsp3) is 0.350. The van der Waals surface area contributed by atoms with Crippen LogP contribution in [0.2, 0.25) is 0 Å². The first kappa shape index (κ1) is 21.0. The number of fused-ring (bicyclic) bond motifs is 1. The Balaban J connectivity index is 1.53. The second-order valence-electron chi connectivity index (χ2n) is 6.78. The first-order valence-corrected chi connectivity index (χ1v) is 12.1. The molecule has 1 N–H and O–H groups in total. The number of carbonyl (C=O) groups excluding carboxylic acids is 1. The summed E-state index contributed by atoms with van der Waals surface area (Å²) in [5.74, 6) is 1.05. The van der Waals surface area contributed by atoms with Crippen LogP contribution in [0.5, 0.6) is 11.5 Å². The van der Waals surface area contributed by atoms with E-state index in [0.29, 0.717) is 43.4 Å². The van der Waals surface area contributed by atoms with Crippen molar-refractivity contribution >= 4 is 27.7 Å². The lowest BCUT2D eigenvalue weighted by Crippen LogP contribution is -2.41. The number of carbonyl (C=O) groups is 1. The van der Waals surface area contributed by atoms with Gasteiger partial charge in [0.05, 0.1) is 23.7 Å². The van der Waals surface area contributed by atoms with Gasteiger partial charge in [0.2, 0.25) is 16.8 Å². The van der Waals surface area contributed by atoms with Crippen molar-refractivity contribution in [2.24, 2.45) is 0 Å². The number of nitrogens with one attached hydrogen (secondary N) is 1. The largest absolute Gasteiger partial charge is 0.454 e. The average Bonchev–Trinajstić information content (AvgIpc) is 3.25. The topological polar surface area (TPSA) is 94.2 Å². The minimum absolute atomic E-state index is 0.0534. The van der Waals surface area contributed by atoms with Crippen LogP contribution in [0, 0.1) is 0 Å². The van der Waals surface area contributed by atoms with Crippen LogP contribution in [-0.2, 0) is 21.3 Å². The maximum atomic E-state index is 13.0. The molecule has 160 valence electrons. The molecule has 8 nitrogen and oxygen atoms in total. The Labute approximate surface area is 179 Å². The molecule has 2 heterocycles. The number of hydrogen-bond donors (Lipinski definition) is 1. The van der Waals surface area contributed by atoms with E-state index < -0.39 is 10.0 Å². The number of rotatable bonds is 6. The van der Waals surface area contributed by atoms with E-state index in [0.717, 1.165) is 10.5 Å². The van der Waals surface area contributed by atoms with Crippen LogP contribution in [0.1, 0.15) is 15.9 Å². The molecule has 0 spiro atoms. The molecular formula is C20H22N2O6S2. The molecule has 0 aliphatic carbocycles. The van der Waals surface area contributed by atoms with E-state index in [-0.39, 0.29) is 24.1 Å². The van der Waals surface area contributed by atoms with Crippen molar-refractivity contribution in [3.05, 3.63) is 47.5 Å². The summed E-state index contributed by atoms with van der Waals surface area (Å²) in [5, 5.41) is 0. The molecule has 0 unspecified atom stereocenters. The lowest BCUT2D eigenvalue weighted by molar-refractivity contribution is 0.0300. The standard InChI is InChI=1S/C20H22N2O6S2/c1-29-19-5-3-15(11-16(19)20(23)22-6-8-26-9-7-22)30(24,25)21-12-14-2-4-17-18(10-14)28-13-27-17/h2-5,10-11,21H,6-9,12-13H2,1H3. The van der Waals surface area contributed by atoms with Gasteiger partial charge in [-0.2, -0.15) is 0 Å². The van der Waals surface area contributed by atoms with Crippen molar-refractivity contribution in [3.63, 3.8) is 0 Å². The molecule has 1 amide bonds. The smallest absolute Gasteiger partial charge is 0.255 e. The maximum absolute atomic E-state index is 13.0. The molecule has 0 saturated carbocycles. The van der Waals surface area contributed by atoms with E-state index in [1.807, 2.05) is 6.26 Å². The molecule has 2 aliphatic heterocycles. The molecule has 10 heteroatoms. The lowest BCUT2D eigenvalue weighted by Gasteiger charge is -2.27. The third kappa shape index (κ3) is 4.41. The summed E-state index contributed by atoms with van der Waals surface area (Å²) >= 11 is 1.41. The SMILES string of the molecule is CSc1ccc(S(=O)(=O)NCc2ccc3c(c2)OCO3)cc1C(=O)N1CCOCC1. The molecule has 0 bridgehead atoms. The third-order valence-corrected chi connectivity index (χ3v) is 7.11. The third-order valence-electron chi connectivity index (χ3n) is 4.91. The Morgan fingerprint density at radius 2 is 1.87 bits per heavy atom. The highest BCUT2D eigenvalue weighted by Gasteiger charge is 2.24. The van der Waals surface area contributed by atoms with E-state index in [9.17, 15) is 13.2 Å². The molecule has 2 aromatic carbocycles. The number of benzene rings is 2. The predicted molar refractivity (Wildman–Crippen MR) is 112 cm³/mol. The molecule has 2 aliphatic rings. The van der Waals surface area contributed by atoms with Crippen LogP contribution in [0.15, 0.2) is 46.2 Å². The summed E-state index contributed by atoms with van der Waals surface area (Å²) in [6, 6.07) is 9.91. The minimum Gasteiger partial charge on any atom is -0.454 e. The zero-order valence-corrected chi connectivity index (χ0v) is 18.1. The molecule has 2 aromatic rings. The molecule has 30 heavy (non-hydrogen) atoms. The number of hydrogen-bond acceptors (Lipinski definition) is 7. The van der Waals surface area contributed by atoms with E-state index in [4.69, 9.17) is 14.2 Å². The first-order chi connectivity index (χ1) is 14.5. The number of ether oxygens (including phenoxy) is 3. The molecule has 1 saturated heterocycles. The summed E-state index contributed by atoms with van der Waals surface area (Å²) in [4.78, 5) is 15.4. The fourth-order valence-electron chi connectivity index (χ4n) is 3.27. The van der Waals surface area contributed by atoms with Gasteiger partial charge in [-0.1, -0.05) is 6.07 Å². The van der Waals surface area contributed by atoms with E-state index >= 15 is 0 Å². The van der Waals surface area contributed by atoms with Crippen LogP contribution in [0.25, 0.3) is 0 Å². The summed E-state index contributed by atoms with van der Waals surface area (Å²) < 4.78 is 44.2. The first-order valence-electron chi connectivity index (χ1n) is 9.41. The molecule has 4 rings (SSSR count). The Kier molecular flexibility index (Phi) is 6.19. The number of nitrogens with zero attached hydrogens (tertiary/aromatic N) is 1. The van der Waals surface area contributed by atoms with Gasteiger partial charge in [-0.05, 0) is 42.2 Å². The van der Waals surface area contributed by atoms with Gasteiger partial charge < -0.3 is 19.1 Å². The van der Waals surface area contributed by atoms with E-state index in [1.54, 1.807) is 29.2 Å². The minimum atomic E-state index is -3.81. The summed E-state index contributed by atoms with van der Waals surface area (Å²) in [6.45, 7) is 2.20. The number of amides is 1. The number of thioether (sulfide) groups is 1. The Morgan fingerprint density at radius 1 is 1.10 bits per heavy atom. The van der Waals surface area contributed by atoms with Crippen molar-refractivity contribution in [2.75, 3.05) is 39.4 Å². The average molecular weight is 451 g/mol. The Hall–Kier alpha value is -2.27. The highest BCUT2D eigenvalue weighted by molar-refractivity contribution is 7.98. The van der Waals surface area contributed by atoms with Crippen LogP contribution in [0.3, 0.4) is 0 Å². The summed E-state index contributed by atoms with van der Waals surface area (Å²) in [6.07, 6.45) is 1.86. The second-order valence-corrected chi connectivity index (χ2v) is 9.39. The van der Waals surface area contributed by atoms with Gasteiger partial charge in [-0.25, -0.2) is 13.1 Å². The van der Waals surface area contributed by atoms with Crippen LogP contribution >= 0.6 is 11.8 Å². The van der Waals surface area contributed by atoms with Gasteiger partial charge in [0.15, 0.2) is 11.5 Å².